The van der Waals surface area contributed by atoms with Crippen molar-refractivity contribution in [3.05, 3.63) is 77.9 Å². The van der Waals surface area contributed by atoms with Crippen LogP contribution in [0.2, 0.25) is 0 Å². The number of nitrogens with one attached hydrogen (secondary N) is 1. The van der Waals surface area contributed by atoms with Gasteiger partial charge in [0.25, 0.3) is 5.89 Å². The Morgan fingerprint density at radius 2 is 2.06 bits per heavy atom. The Morgan fingerprint density at radius 3 is 2.91 bits per heavy atom. The van der Waals surface area contributed by atoms with Gasteiger partial charge in [0.05, 0.1) is 12.0 Å². The van der Waals surface area contributed by atoms with Gasteiger partial charge in [-0.2, -0.15) is 0 Å². The Labute approximate surface area is 179 Å². The van der Waals surface area contributed by atoms with Crippen LogP contribution in [0.15, 0.2) is 57.8 Å². The summed E-state index contributed by atoms with van der Waals surface area (Å²) in [4.78, 5) is 30.9. The molecule has 11 heteroatoms. The predicted octanol–water partition coefficient (Wildman–Crippen LogP) is 2.92. The van der Waals surface area contributed by atoms with Crippen molar-refractivity contribution in [2.45, 2.75) is 12.5 Å². The Morgan fingerprint density at radius 1 is 1.12 bits per heavy atom. The number of fused-ring (bicyclic) bond motifs is 2. The fourth-order valence-corrected chi connectivity index (χ4v) is 3.82. The van der Waals surface area contributed by atoms with Crippen molar-refractivity contribution in [3.8, 4) is 11.6 Å². The minimum absolute atomic E-state index is 0.0211. The van der Waals surface area contributed by atoms with Crippen molar-refractivity contribution < 1.29 is 18.0 Å². The molecule has 0 radical (unpaired) electrons. The van der Waals surface area contributed by atoms with Gasteiger partial charge in [-0.1, -0.05) is 12.1 Å². The first kappa shape index (κ1) is 18.4. The van der Waals surface area contributed by atoms with E-state index in [-0.39, 0.29) is 23.3 Å². The predicted molar refractivity (Wildman–Crippen MR) is 107 cm³/mol. The second kappa shape index (κ2) is 7.08. The van der Waals surface area contributed by atoms with Crippen molar-refractivity contribution in [2.24, 2.45) is 0 Å². The van der Waals surface area contributed by atoms with Crippen LogP contribution in [-0.2, 0) is 6.42 Å². The van der Waals surface area contributed by atoms with Gasteiger partial charge in [0.1, 0.15) is 11.2 Å². The molecule has 5 heterocycles. The third-order valence-corrected chi connectivity index (χ3v) is 5.30. The third-order valence-electron chi connectivity index (χ3n) is 5.30. The number of rotatable bonds is 3. The molecule has 0 spiro atoms. The number of para-hydroxylation sites is 1. The summed E-state index contributed by atoms with van der Waals surface area (Å²) in [5.41, 5.74) is 2.25. The van der Waals surface area contributed by atoms with Crippen molar-refractivity contribution in [3.63, 3.8) is 0 Å². The SMILES string of the molecule is O=C(c1nnc(-c2ccccn2)o1)N1CCc2[nH]cnc2[C@H]1c1nc2cccc(F)c2o1. The van der Waals surface area contributed by atoms with E-state index in [0.29, 0.717) is 29.9 Å². The zero-order valence-corrected chi connectivity index (χ0v) is 16.4. The van der Waals surface area contributed by atoms with Crippen LogP contribution in [0.3, 0.4) is 0 Å². The number of H-pyrrole nitrogens is 1. The average Bonchev–Trinajstić information content (AvgIpc) is 3.58. The molecule has 1 amide bonds. The van der Waals surface area contributed by atoms with E-state index in [1.54, 1.807) is 42.9 Å². The monoisotopic (exact) mass is 431 g/mol. The second-order valence-electron chi connectivity index (χ2n) is 7.18. The summed E-state index contributed by atoms with van der Waals surface area (Å²) in [7, 11) is 0. The van der Waals surface area contributed by atoms with Crippen LogP contribution in [0.1, 0.15) is 34.0 Å². The topological polar surface area (TPSA) is 127 Å². The van der Waals surface area contributed by atoms with Gasteiger partial charge in [0, 0.05) is 24.9 Å². The van der Waals surface area contributed by atoms with Crippen LogP contribution in [-0.4, -0.2) is 47.5 Å². The van der Waals surface area contributed by atoms with Gasteiger partial charge < -0.3 is 18.7 Å². The normalized spacial score (nSPS) is 15.8. The Kier molecular flexibility index (Phi) is 4.06. The molecule has 6 rings (SSSR count). The lowest BCUT2D eigenvalue weighted by molar-refractivity contribution is 0.0627. The molecule has 158 valence electrons. The first-order valence-corrected chi connectivity index (χ1v) is 9.82. The van der Waals surface area contributed by atoms with Crippen LogP contribution in [0.25, 0.3) is 22.7 Å². The van der Waals surface area contributed by atoms with Crippen molar-refractivity contribution in [1.29, 1.82) is 0 Å². The standard InChI is InChI=1S/C21H14FN7O3/c22-11-4-3-6-13-17(11)31-19(26-13)16-15-12(24-10-25-15)7-9-29(16)21(30)20-28-27-18(32-20)14-5-1-2-8-23-14/h1-6,8,10,16H,7,9H2,(H,24,25)/t16-/m0/s1. The van der Waals surface area contributed by atoms with Gasteiger partial charge >= 0.3 is 11.8 Å². The summed E-state index contributed by atoms with van der Waals surface area (Å²) in [5.74, 6) is -0.963. The zero-order valence-electron chi connectivity index (χ0n) is 16.4. The molecule has 0 fully saturated rings. The fraction of sp³-hybridized carbons (Fsp3) is 0.143. The number of hydrogen-bond acceptors (Lipinski definition) is 8. The summed E-state index contributed by atoms with van der Waals surface area (Å²) in [6.45, 7) is 0.321. The number of aromatic amines is 1. The molecule has 1 aliphatic rings. The molecule has 0 aliphatic carbocycles. The average molecular weight is 431 g/mol. The Bertz CT molecular complexity index is 1440. The molecule has 4 aromatic heterocycles. The number of oxazole rings is 1. The molecule has 0 saturated heterocycles. The molecule has 10 nitrogen and oxygen atoms in total. The van der Waals surface area contributed by atoms with Gasteiger partial charge in [-0.25, -0.2) is 14.4 Å². The Balaban J connectivity index is 1.41. The van der Waals surface area contributed by atoms with Crippen LogP contribution >= 0.6 is 0 Å². The van der Waals surface area contributed by atoms with E-state index < -0.39 is 17.8 Å². The van der Waals surface area contributed by atoms with Crippen molar-refractivity contribution in [1.82, 2.24) is 35.0 Å². The van der Waals surface area contributed by atoms with Crippen LogP contribution in [0, 0.1) is 5.82 Å². The van der Waals surface area contributed by atoms with E-state index >= 15 is 0 Å². The molecule has 1 aliphatic heterocycles. The highest BCUT2D eigenvalue weighted by atomic mass is 19.1. The first-order chi connectivity index (χ1) is 15.7. The van der Waals surface area contributed by atoms with Crippen LogP contribution in [0.4, 0.5) is 4.39 Å². The molecule has 1 N–H and O–H groups in total. The van der Waals surface area contributed by atoms with Gasteiger partial charge in [-0.3, -0.25) is 9.78 Å². The highest BCUT2D eigenvalue weighted by Gasteiger charge is 2.39. The minimum atomic E-state index is -0.783. The minimum Gasteiger partial charge on any atom is -0.435 e. The number of pyridine rings is 1. The summed E-state index contributed by atoms with van der Waals surface area (Å²) in [6, 6.07) is 8.94. The summed E-state index contributed by atoms with van der Waals surface area (Å²) < 4.78 is 25.6. The van der Waals surface area contributed by atoms with Crippen LogP contribution < -0.4 is 0 Å². The third kappa shape index (κ3) is 2.86. The lowest BCUT2D eigenvalue weighted by Gasteiger charge is -2.31. The number of carbonyl (C=O) groups excluding carboxylic acids is 1. The quantitative estimate of drug-likeness (QED) is 0.462. The van der Waals surface area contributed by atoms with Crippen LogP contribution in [0.5, 0.6) is 0 Å². The van der Waals surface area contributed by atoms with E-state index in [9.17, 15) is 9.18 Å². The van der Waals surface area contributed by atoms with Gasteiger partial charge in [0.2, 0.25) is 5.89 Å². The van der Waals surface area contributed by atoms with E-state index in [2.05, 4.69) is 30.1 Å². The van der Waals surface area contributed by atoms with Gasteiger partial charge in [-0.05, 0) is 24.3 Å². The molecule has 1 atom stereocenters. The number of aromatic nitrogens is 6. The largest absolute Gasteiger partial charge is 0.435 e. The maximum absolute atomic E-state index is 14.2. The second-order valence-corrected chi connectivity index (χ2v) is 7.18. The maximum Gasteiger partial charge on any atom is 0.312 e. The first-order valence-electron chi connectivity index (χ1n) is 9.82. The number of imidazole rings is 1. The van der Waals surface area contributed by atoms with Gasteiger partial charge in [-0.15, -0.1) is 10.2 Å². The van der Waals surface area contributed by atoms with Crippen molar-refractivity contribution in [2.75, 3.05) is 6.54 Å². The molecule has 0 bridgehead atoms. The summed E-state index contributed by atoms with van der Waals surface area (Å²) >= 11 is 0. The number of amides is 1. The number of halogens is 1. The molecular formula is C21H14FN7O3. The number of hydrogen-bond donors (Lipinski definition) is 1. The molecule has 32 heavy (non-hydrogen) atoms. The molecule has 1 aromatic carbocycles. The summed E-state index contributed by atoms with van der Waals surface area (Å²) in [6.07, 6.45) is 3.67. The van der Waals surface area contributed by atoms with E-state index in [4.69, 9.17) is 8.83 Å². The molecular weight excluding hydrogens is 417 g/mol. The maximum atomic E-state index is 14.2. The van der Waals surface area contributed by atoms with E-state index in [1.165, 1.54) is 11.0 Å². The Hall–Kier alpha value is -4.41. The van der Waals surface area contributed by atoms with Gasteiger partial charge in [0.15, 0.2) is 17.4 Å². The molecule has 0 unspecified atom stereocenters. The fourth-order valence-electron chi connectivity index (χ4n) is 3.82. The summed E-state index contributed by atoms with van der Waals surface area (Å²) in [5, 5.41) is 7.85. The highest BCUT2D eigenvalue weighted by molar-refractivity contribution is 5.90. The number of benzene rings is 1. The smallest absolute Gasteiger partial charge is 0.312 e. The number of nitrogens with zero attached hydrogens (tertiary/aromatic N) is 6. The van der Waals surface area contributed by atoms with Crippen molar-refractivity contribution >= 4 is 17.0 Å². The zero-order chi connectivity index (χ0) is 21.7. The lowest BCUT2D eigenvalue weighted by atomic mass is 10.0. The molecule has 0 saturated carbocycles. The highest BCUT2D eigenvalue weighted by Crippen LogP contribution is 2.35. The number of carbonyl (C=O) groups is 1. The van der Waals surface area contributed by atoms with E-state index in [1.807, 2.05) is 0 Å². The lowest BCUT2D eigenvalue weighted by Crippen LogP contribution is -2.41. The molecule has 5 aromatic rings. The van der Waals surface area contributed by atoms with E-state index in [0.717, 1.165) is 5.69 Å².